The van der Waals surface area contributed by atoms with Gasteiger partial charge in [0.15, 0.2) is 10.7 Å². The highest BCUT2D eigenvalue weighted by Gasteiger charge is 2.29. The SMILES string of the molecule is CCN(/C=C/C(=O)N1CCC(Nc2nccc(-c3sc(C(C)(C)C)nc3-c3cccc(NS(=O)(=O)c4c(F)cccc4F)c3F)n2)CC1)CC. The van der Waals surface area contributed by atoms with E-state index in [9.17, 15) is 22.0 Å². The molecule has 0 bridgehead atoms. The van der Waals surface area contributed by atoms with Crippen LogP contribution in [-0.4, -0.2) is 71.3 Å². The number of aromatic nitrogens is 3. The van der Waals surface area contributed by atoms with Crippen molar-refractivity contribution >= 4 is 38.9 Å². The molecule has 50 heavy (non-hydrogen) atoms. The Hall–Kier alpha value is -4.50. The lowest BCUT2D eigenvalue weighted by Crippen LogP contribution is -2.42. The Balaban J connectivity index is 1.40. The van der Waals surface area contributed by atoms with E-state index in [1.54, 1.807) is 18.3 Å². The Labute approximate surface area is 294 Å². The van der Waals surface area contributed by atoms with Gasteiger partial charge in [0.2, 0.25) is 11.9 Å². The summed E-state index contributed by atoms with van der Waals surface area (Å²) in [5.41, 5.74) is -0.250. The van der Waals surface area contributed by atoms with Crippen LogP contribution in [0.2, 0.25) is 0 Å². The zero-order valence-corrected chi connectivity index (χ0v) is 30.1. The molecule has 1 aliphatic rings. The van der Waals surface area contributed by atoms with Gasteiger partial charge in [-0.2, -0.15) is 0 Å². The van der Waals surface area contributed by atoms with E-state index in [2.05, 4.69) is 15.2 Å². The van der Waals surface area contributed by atoms with E-state index in [0.717, 1.165) is 31.3 Å². The number of carbonyl (C=O) groups is 1. The van der Waals surface area contributed by atoms with Crippen molar-refractivity contribution in [3.05, 3.63) is 83.4 Å². The topological polar surface area (TPSA) is 120 Å². The Morgan fingerprint density at radius 1 is 1.02 bits per heavy atom. The maximum atomic E-state index is 16.2. The van der Waals surface area contributed by atoms with Crippen molar-refractivity contribution < 1.29 is 26.4 Å². The van der Waals surface area contributed by atoms with Gasteiger partial charge in [-0.3, -0.25) is 9.52 Å². The monoisotopic (exact) mass is 727 g/mol. The summed E-state index contributed by atoms with van der Waals surface area (Å²) < 4.78 is 72.8. The molecule has 0 spiro atoms. The zero-order valence-electron chi connectivity index (χ0n) is 28.5. The summed E-state index contributed by atoms with van der Waals surface area (Å²) in [6.45, 7) is 12.8. The number of piperidine rings is 1. The van der Waals surface area contributed by atoms with Gasteiger partial charge in [-0.25, -0.2) is 36.5 Å². The van der Waals surface area contributed by atoms with Crippen LogP contribution in [0.15, 0.2) is 65.8 Å². The minimum absolute atomic E-state index is 0.0218. The summed E-state index contributed by atoms with van der Waals surface area (Å²) in [6.07, 6.45) is 6.43. The largest absolute Gasteiger partial charge is 0.378 e. The number of rotatable bonds is 11. The molecule has 0 unspecified atom stereocenters. The number of anilines is 2. The first-order valence-corrected chi connectivity index (χ1v) is 18.6. The number of sulfonamides is 1. The summed E-state index contributed by atoms with van der Waals surface area (Å²) >= 11 is 1.32. The lowest BCUT2D eigenvalue weighted by Gasteiger charge is -2.32. The predicted molar refractivity (Wildman–Crippen MR) is 190 cm³/mol. The molecule has 5 rings (SSSR count). The molecule has 1 aliphatic heterocycles. The van der Waals surface area contributed by atoms with Crippen LogP contribution in [0.4, 0.5) is 24.8 Å². The zero-order chi connectivity index (χ0) is 36.2. The van der Waals surface area contributed by atoms with Gasteiger partial charge >= 0.3 is 0 Å². The fourth-order valence-electron chi connectivity index (χ4n) is 5.42. The Kier molecular flexibility index (Phi) is 11.2. The lowest BCUT2D eigenvalue weighted by molar-refractivity contribution is -0.127. The number of carbonyl (C=O) groups excluding carboxylic acids is 1. The molecule has 1 fully saturated rings. The Bertz CT molecular complexity index is 1970. The number of nitrogens with zero attached hydrogens (tertiary/aromatic N) is 5. The number of amides is 1. The van der Waals surface area contributed by atoms with E-state index in [1.807, 2.05) is 50.4 Å². The molecule has 0 saturated carbocycles. The second-order valence-electron chi connectivity index (χ2n) is 12.8. The van der Waals surface area contributed by atoms with Crippen molar-refractivity contribution in [3.8, 4) is 21.8 Å². The fraction of sp³-hybridized carbons (Fsp3) is 0.371. The third-order valence-electron chi connectivity index (χ3n) is 8.22. The molecule has 4 aromatic rings. The lowest BCUT2D eigenvalue weighted by atomic mass is 9.98. The molecular weight excluding hydrogens is 688 g/mol. The molecule has 15 heteroatoms. The van der Waals surface area contributed by atoms with E-state index < -0.39 is 43.5 Å². The second-order valence-corrected chi connectivity index (χ2v) is 15.4. The molecule has 1 amide bonds. The van der Waals surface area contributed by atoms with Gasteiger partial charge in [0, 0.05) is 61.7 Å². The Morgan fingerprint density at radius 2 is 1.68 bits per heavy atom. The van der Waals surface area contributed by atoms with Crippen molar-refractivity contribution in [3.63, 3.8) is 0 Å². The minimum atomic E-state index is -4.83. The van der Waals surface area contributed by atoms with Gasteiger partial charge < -0.3 is 15.1 Å². The van der Waals surface area contributed by atoms with Crippen LogP contribution in [0.1, 0.15) is 52.5 Å². The average Bonchev–Trinajstić information content (AvgIpc) is 3.53. The van der Waals surface area contributed by atoms with Crippen molar-refractivity contribution in [2.75, 3.05) is 36.2 Å². The molecule has 2 aromatic heterocycles. The molecule has 0 aliphatic carbocycles. The number of nitrogens with one attached hydrogen (secondary N) is 2. The number of likely N-dealkylation sites (tertiary alicyclic amines) is 1. The molecule has 10 nitrogen and oxygen atoms in total. The molecular formula is C35H40F3N7O3S2. The van der Waals surface area contributed by atoms with Gasteiger partial charge in [-0.05, 0) is 57.0 Å². The van der Waals surface area contributed by atoms with Gasteiger partial charge in [0.05, 0.1) is 27.0 Å². The summed E-state index contributed by atoms with van der Waals surface area (Å²) in [4.78, 5) is 29.8. The molecule has 3 heterocycles. The number of halogens is 3. The number of hydrogen-bond donors (Lipinski definition) is 2. The van der Waals surface area contributed by atoms with Gasteiger partial charge in [0.1, 0.15) is 11.6 Å². The molecule has 2 N–H and O–H groups in total. The minimum Gasteiger partial charge on any atom is -0.378 e. The Morgan fingerprint density at radius 3 is 2.32 bits per heavy atom. The summed E-state index contributed by atoms with van der Waals surface area (Å²) in [5.74, 6) is -3.24. The van der Waals surface area contributed by atoms with Crippen molar-refractivity contribution in [1.82, 2.24) is 24.8 Å². The molecule has 0 radical (unpaired) electrons. The van der Waals surface area contributed by atoms with Gasteiger partial charge in [-0.15, -0.1) is 11.3 Å². The van der Waals surface area contributed by atoms with Crippen LogP contribution in [0.5, 0.6) is 0 Å². The molecule has 2 aromatic carbocycles. The molecule has 266 valence electrons. The molecule has 1 saturated heterocycles. The van der Waals surface area contributed by atoms with Crippen LogP contribution >= 0.6 is 11.3 Å². The fourth-order valence-corrected chi connectivity index (χ4v) is 7.72. The summed E-state index contributed by atoms with van der Waals surface area (Å²) in [7, 11) is -4.83. The van der Waals surface area contributed by atoms with Crippen LogP contribution < -0.4 is 10.0 Å². The van der Waals surface area contributed by atoms with E-state index in [-0.39, 0.29) is 23.2 Å². The first-order valence-electron chi connectivity index (χ1n) is 16.3. The number of hydrogen-bond acceptors (Lipinski definition) is 9. The van der Waals surface area contributed by atoms with Gasteiger partial charge in [0.25, 0.3) is 10.0 Å². The van der Waals surface area contributed by atoms with Crippen molar-refractivity contribution in [2.45, 2.75) is 63.8 Å². The third kappa shape index (κ3) is 8.27. The maximum Gasteiger partial charge on any atom is 0.267 e. The van der Waals surface area contributed by atoms with Crippen molar-refractivity contribution in [1.29, 1.82) is 0 Å². The first kappa shape index (κ1) is 36.8. The van der Waals surface area contributed by atoms with E-state index >= 15 is 4.39 Å². The second kappa shape index (κ2) is 15.2. The summed E-state index contributed by atoms with van der Waals surface area (Å²) in [6, 6.07) is 8.40. The predicted octanol–water partition coefficient (Wildman–Crippen LogP) is 7.04. The van der Waals surface area contributed by atoms with Crippen LogP contribution in [0.25, 0.3) is 21.8 Å². The highest BCUT2D eigenvalue weighted by molar-refractivity contribution is 7.92. The highest BCUT2D eigenvalue weighted by atomic mass is 32.2. The highest BCUT2D eigenvalue weighted by Crippen LogP contribution is 2.42. The third-order valence-corrected chi connectivity index (χ3v) is 11.1. The van der Waals surface area contributed by atoms with Crippen LogP contribution in [0, 0.1) is 17.5 Å². The number of benzene rings is 2. The standard InChI is InChI=1S/C35H40F3N7O3S2/c1-6-44(7-2)19-17-28(46)45-20-15-22(16-21-45)40-34-39-18-14-27(41-34)31-30(42-33(49-31)35(3,4)5)23-10-8-13-26(29(23)38)43-50(47,48)32-24(36)11-9-12-25(32)37/h8-14,17-19,22,43H,6-7,15-16,20-21H2,1-5H3,(H,39,40,41)/b19-17+. The quantitative estimate of drug-likeness (QED) is 0.158. The van der Waals surface area contributed by atoms with E-state index in [0.29, 0.717) is 47.5 Å². The van der Waals surface area contributed by atoms with Crippen LogP contribution in [0.3, 0.4) is 0 Å². The maximum absolute atomic E-state index is 16.2. The normalized spacial score (nSPS) is 14.3. The summed E-state index contributed by atoms with van der Waals surface area (Å²) in [5, 5.41) is 4.05. The number of thiazole rings is 1. The van der Waals surface area contributed by atoms with Crippen molar-refractivity contribution in [2.24, 2.45) is 0 Å². The van der Waals surface area contributed by atoms with E-state index in [4.69, 9.17) is 9.97 Å². The molecule has 0 atom stereocenters. The first-order chi connectivity index (χ1) is 23.7. The van der Waals surface area contributed by atoms with Gasteiger partial charge in [-0.1, -0.05) is 32.9 Å². The smallest absolute Gasteiger partial charge is 0.267 e. The van der Waals surface area contributed by atoms with Crippen LogP contribution in [-0.2, 0) is 20.2 Å². The average molecular weight is 728 g/mol. The van der Waals surface area contributed by atoms with E-state index in [1.165, 1.54) is 29.5 Å².